The number of nitrogens with zero attached hydrogens (tertiary/aromatic N) is 3. The van der Waals surface area contributed by atoms with E-state index in [9.17, 15) is 4.79 Å². The SMILES string of the molecule is CN1[C@@H]2CC[C@H]1C[C@@H](Oc1ccc(-n3cnc4cc(-c5ccc(Cl)cc5)sc4c3=O)cc1Cl)C2. The molecule has 0 amide bonds. The maximum Gasteiger partial charge on any atom is 0.275 e. The van der Waals surface area contributed by atoms with E-state index in [1.165, 1.54) is 28.7 Å². The van der Waals surface area contributed by atoms with E-state index in [2.05, 4.69) is 16.9 Å². The van der Waals surface area contributed by atoms with Gasteiger partial charge in [0, 0.05) is 22.0 Å². The lowest BCUT2D eigenvalue weighted by Crippen LogP contribution is -2.43. The number of halogens is 2. The molecule has 4 aromatic rings. The fourth-order valence-corrected chi connectivity index (χ4v) is 6.62. The van der Waals surface area contributed by atoms with Crippen molar-refractivity contribution >= 4 is 44.8 Å². The number of ether oxygens (including phenoxy) is 1. The second-order valence-corrected chi connectivity index (χ2v) is 11.0. The van der Waals surface area contributed by atoms with E-state index in [0.29, 0.717) is 43.8 Å². The molecule has 2 aromatic carbocycles. The van der Waals surface area contributed by atoms with Gasteiger partial charge in [0.1, 0.15) is 22.9 Å². The van der Waals surface area contributed by atoms with Crippen molar-refractivity contribution in [1.29, 1.82) is 0 Å². The summed E-state index contributed by atoms with van der Waals surface area (Å²) in [5.74, 6) is 0.669. The second kappa shape index (κ2) is 8.68. The van der Waals surface area contributed by atoms with Crippen LogP contribution in [0.5, 0.6) is 5.75 Å². The fraction of sp³-hybridized carbons (Fsp3) is 0.308. The minimum Gasteiger partial charge on any atom is -0.489 e. The van der Waals surface area contributed by atoms with Gasteiger partial charge in [0.05, 0.1) is 16.2 Å². The molecule has 2 aliphatic heterocycles. The summed E-state index contributed by atoms with van der Waals surface area (Å²) in [6.07, 6.45) is 6.28. The monoisotopic (exact) mass is 511 g/mol. The molecule has 3 atom stereocenters. The smallest absolute Gasteiger partial charge is 0.275 e. The summed E-state index contributed by atoms with van der Waals surface area (Å²) in [6.45, 7) is 0. The Morgan fingerprint density at radius 1 is 1.03 bits per heavy atom. The van der Waals surface area contributed by atoms with Crippen molar-refractivity contribution in [3.63, 3.8) is 0 Å². The molecule has 0 aliphatic carbocycles. The first-order valence-corrected chi connectivity index (χ1v) is 13.0. The van der Waals surface area contributed by atoms with Crippen LogP contribution in [-0.4, -0.2) is 39.7 Å². The third-order valence-electron chi connectivity index (χ3n) is 7.11. The average molecular weight is 512 g/mol. The molecule has 0 unspecified atom stereocenters. The van der Waals surface area contributed by atoms with Gasteiger partial charge in [-0.1, -0.05) is 35.3 Å². The summed E-state index contributed by atoms with van der Waals surface area (Å²) in [5, 5.41) is 1.18. The van der Waals surface area contributed by atoms with Crippen LogP contribution in [0, 0.1) is 0 Å². The minimum atomic E-state index is -0.119. The van der Waals surface area contributed by atoms with Gasteiger partial charge >= 0.3 is 0 Å². The predicted molar refractivity (Wildman–Crippen MR) is 139 cm³/mol. The second-order valence-electron chi connectivity index (χ2n) is 9.13. The molecule has 34 heavy (non-hydrogen) atoms. The van der Waals surface area contributed by atoms with Crippen LogP contribution >= 0.6 is 34.5 Å². The van der Waals surface area contributed by atoms with Crippen molar-refractivity contribution in [3.8, 4) is 21.9 Å². The number of hydrogen-bond acceptors (Lipinski definition) is 5. The van der Waals surface area contributed by atoms with Crippen LogP contribution in [-0.2, 0) is 0 Å². The standard InChI is InChI=1S/C26H23Cl2N3O2S/c1-30-17-6-7-18(30)11-20(10-17)33-23-9-8-19(12-21(23)28)31-14-29-22-13-24(34-25(22)26(31)32)15-2-4-16(27)5-3-15/h2-5,8-9,12-14,17-18,20H,6-7,10-11H2,1H3/t17-,18+,20+. The Bertz CT molecular complexity index is 1420. The third-order valence-corrected chi connectivity index (χ3v) is 8.82. The zero-order valence-electron chi connectivity index (χ0n) is 18.6. The topological polar surface area (TPSA) is 47.4 Å². The molecule has 0 saturated carbocycles. The maximum atomic E-state index is 13.3. The Balaban J connectivity index is 1.27. The van der Waals surface area contributed by atoms with Crippen molar-refractivity contribution in [3.05, 3.63) is 75.3 Å². The summed E-state index contributed by atoms with van der Waals surface area (Å²) >= 11 is 14.0. The predicted octanol–water partition coefficient (Wildman–Crippen LogP) is 6.43. The van der Waals surface area contributed by atoms with Crippen LogP contribution in [0.1, 0.15) is 25.7 Å². The number of thiophene rings is 1. The Kier molecular flexibility index (Phi) is 5.65. The normalized spacial score (nSPS) is 22.4. The summed E-state index contributed by atoms with van der Waals surface area (Å²) in [7, 11) is 2.22. The number of aromatic nitrogens is 2. The highest BCUT2D eigenvalue weighted by Gasteiger charge is 2.39. The highest BCUT2D eigenvalue weighted by atomic mass is 35.5. The summed E-state index contributed by atoms with van der Waals surface area (Å²) in [6, 6.07) is 16.2. The first-order valence-electron chi connectivity index (χ1n) is 11.4. The first-order chi connectivity index (χ1) is 16.5. The Hall–Kier alpha value is -2.38. The number of piperidine rings is 1. The van der Waals surface area contributed by atoms with Crippen LogP contribution in [0.2, 0.25) is 10.0 Å². The summed E-state index contributed by atoms with van der Waals surface area (Å²) < 4.78 is 8.44. The van der Waals surface area contributed by atoms with E-state index in [0.717, 1.165) is 23.3 Å². The van der Waals surface area contributed by atoms with Gasteiger partial charge < -0.3 is 9.64 Å². The van der Waals surface area contributed by atoms with Crippen molar-refractivity contribution < 1.29 is 4.74 Å². The molecule has 0 N–H and O–H groups in total. The van der Waals surface area contributed by atoms with Gasteiger partial charge in [0.25, 0.3) is 5.56 Å². The fourth-order valence-electron chi connectivity index (χ4n) is 5.23. The molecule has 5 nitrogen and oxygen atoms in total. The largest absolute Gasteiger partial charge is 0.489 e. The van der Waals surface area contributed by atoms with Gasteiger partial charge in [-0.3, -0.25) is 9.36 Å². The summed E-state index contributed by atoms with van der Waals surface area (Å²) in [4.78, 5) is 21.3. The van der Waals surface area contributed by atoms with E-state index in [-0.39, 0.29) is 11.7 Å². The van der Waals surface area contributed by atoms with Crippen molar-refractivity contribution in [2.45, 2.75) is 43.9 Å². The molecule has 174 valence electrons. The van der Waals surface area contributed by atoms with Crippen LogP contribution in [0.25, 0.3) is 26.3 Å². The summed E-state index contributed by atoms with van der Waals surface area (Å²) in [5.41, 5.74) is 2.23. The molecule has 6 rings (SSSR count). The van der Waals surface area contributed by atoms with Crippen molar-refractivity contribution in [2.75, 3.05) is 7.05 Å². The molecule has 2 aromatic heterocycles. The molecule has 2 fully saturated rings. The Morgan fingerprint density at radius 3 is 2.47 bits per heavy atom. The Labute approximate surface area is 211 Å². The van der Waals surface area contributed by atoms with Gasteiger partial charge in [-0.15, -0.1) is 11.3 Å². The number of fused-ring (bicyclic) bond motifs is 3. The molecule has 0 spiro atoms. The lowest BCUT2D eigenvalue weighted by molar-refractivity contribution is 0.0662. The van der Waals surface area contributed by atoms with Crippen molar-refractivity contribution in [2.24, 2.45) is 0 Å². The molecule has 2 bridgehead atoms. The lowest BCUT2D eigenvalue weighted by Gasteiger charge is -2.36. The number of benzene rings is 2. The quantitative estimate of drug-likeness (QED) is 0.317. The number of hydrogen-bond donors (Lipinski definition) is 0. The van der Waals surface area contributed by atoms with Crippen LogP contribution in [0.3, 0.4) is 0 Å². The van der Waals surface area contributed by atoms with Gasteiger partial charge in [-0.25, -0.2) is 4.98 Å². The third kappa shape index (κ3) is 3.93. The van der Waals surface area contributed by atoms with Crippen LogP contribution in [0.15, 0.2) is 59.7 Å². The first kappa shape index (κ1) is 22.1. The van der Waals surface area contributed by atoms with Gasteiger partial charge in [0.2, 0.25) is 0 Å². The lowest BCUT2D eigenvalue weighted by atomic mass is 10.0. The highest BCUT2D eigenvalue weighted by Crippen LogP contribution is 2.38. The number of rotatable bonds is 4. The van der Waals surface area contributed by atoms with E-state index in [1.54, 1.807) is 12.4 Å². The van der Waals surface area contributed by atoms with Crippen molar-refractivity contribution in [1.82, 2.24) is 14.5 Å². The molecular weight excluding hydrogens is 489 g/mol. The molecule has 0 radical (unpaired) electrons. The molecule has 2 saturated heterocycles. The Morgan fingerprint density at radius 2 is 1.76 bits per heavy atom. The van der Waals surface area contributed by atoms with E-state index < -0.39 is 0 Å². The van der Waals surface area contributed by atoms with E-state index >= 15 is 0 Å². The van der Waals surface area contributed by atoms with Crippen LogP contribution in [0.4, 0.5) is 0 Å². The average Bonchev–Trinajstić information content (AvgIpc) is 3.33. The molecular formula is C26H23Cl2N3O2S. The maximum absolute atomic E-state index is 13.3. The van der Waals surface area contributed by atoms with E-state index in [1.807, 2.05) is 42.5 Å². The van der Waals surface area contributed by atoms with Gasteiger partial charge in [-0.2, -0.15) is 0 Å². The van der Waals surface area contributed by atoms with Gasteiger partial charge in [-0.05, 0) is 74.7 Å². The molecule has 4 heterocycles. The van der Waals surface area contributed by atoms with Crippen LogP contribution < -0.4 is 10.3 Å². The van der Waals surface area contributed by atoms with E-state index in [4.69, 9.17) is 27.9 Å². The molecule has 8 heteroatoms. The van der Waals surface area contributed by atoms with Gasteiger partial charge in [0.15, 0.2) is 0 Å². The minimum absolute atomic E-state index is 0.119. The molecule has 2 aliphatic rings. The highest BCUT2D eigenvalue weighted by molar-refractivity contribution is 7.22. The zero-order valence-corrected chi connectivity index (χ0v) is 20.9. The zero-order chi connectivity index (χ0) is 23.4.